The number of rotatable bonds is 5. The van der Waals surface area contributed by atoms with Gasteiger partial charge in [-0.25, -0.2) is 0 Å². The van der Waals surface area contributed by atoms with Crippen molar-refractivity contribution < 1.29 is 9.59 Å². The first-order valence-electron chi connectivity index (χ1n) is 10.6. The van der Waals surface area contributed by atoms with Gasteiger partial charge in [0.25, 0.3) is 0 Å². The number of hydrogen-bond acceptors (Lipinski definition) is 4. The molecule has 0 spiro atoms. The van der Waals surface area contributed by atoms with E-state index in [9.17, 15) is 9.59 Å². The van der Waals surface area contributed by atoms with Gasteiger partial charge in [0, 0.05) is 38.4 Å². The van der Waals surface area contributed by atoms with Gasteiger partial charge in [-0.3, -0.25) is 14.5 Å². The van der Waals surface area contributed by atoms with Crippen molar-refractivity contribution >= 4 is 23.6 Å². The Kier molecular flexibility index (Phi) is 6.75. The molecule has 0 radical (unpaired) electrons. The number of benzene rings is 2. The lowest BCUT2D eigenvalue weighted by atomic mass is 10.0. The molecule has 2 aliphatic rings. The summed E-state index contributed by atoms with van der Waals surface area (Å²) < 4.78 is 0. The molecule has 6 heteroatoms. The van der Waals surface area contributed by atoms with Crippen LogP contribution in [-0.2, 0) is 16.1 Å². The Labute approximate surface area is 182 Å². The van der Waals surface area contributed by atoms with Crippen LogP contribution < -0.4 is 5.32 Å². The molecule has 2 heterocycles. The van der Waals surface area contributed by atoms with Crippen LogP contribution in [0.15, 0.2) is 60.7 Å². The van der Waals surface area contributed by atoms with Crippen LogP contribution in [0, 0.1) is 0 Å². The van der Waals surface area contributed by atoms with Crippen molar-refractivity contribution in [3.05, 3.63) is 71.8 Å². The van der Waals surface area contributed by atoms with E-state index in [-0.39, 0.29) is 23.2 Å². The van der Waals surface area contributed by atoms with E-state index in [1.54, 1.807) is 23.6 Å². The van der Waals surface area contributed by atoms with Crippen LogP contribution in [0.2, 0.25) is 0 Å². The quantitative estimate of drug-likeness (QED) is 0.801. The monoisotopic (exact) mass is 423 g/mol. The van der Waals surface area contributed by atoms with Crippen LogP contribution >= 0.6 is 11.8 Å². The largest absolute Gasteiger partial charge is 0.351 e. The number of piperidine rings is 1. The summed E-state index contributed by atoms with van der Waals surface area (Å²) in [6.07, 6.45) is 1.89. The maximum atomic E-state index is 13.0. The normalized spacial score (nSPS) is 22.8. The molecule has 0 aromatic heterocycles. The lowest BCUT2D eigenvalue weighted by Crippen LogP contribution is -2.52. The van der Waals surface area contributed by atoms with Crippen LogP contribution in [0.1, 0.15) is 36.3 Å². The molecule has 2 unspecified atom stereocenters. The van der Waals surface area contributed by atoms with Gasteiger partial charge in [-0.1, -0.05) is 60.7 Å². The molecule has 2 aromatic rings. The minimum Gasteiger partial charge on any atom is -0.351 e. The Balaban J connectivity index is 1.32. The maximum absolute atomic E-state index is 13.0. The van der Waals surface area contributed by atoms with E-state index in [2.05, 4.69) is 34.5 Å². The molecule has 1 N–H and O–H groups in total. The Morgan fingerprint density at radius 1 is 1.00 bits per heavy atom. The van der Waals surface area contributed by atoms with E-state index in [0.29, 0.717) is 5.75 Å². The Morgan fingerprint density at radius 3 is 2.27 bits per heavy atom. The average Bonchev–Trinajstić information content (AvgIpc) is 3.22. The second-order valence-corrected chi connectivity index (χ2v) is 9.20. The van der Waals surface area contributed by atoms with Gasteiger partial charge < -0.3 is 10.2 Å². The molecule has 5 nitrogen and oxygen atoms in total. The number of nitrogens with one attached hydrogen (secondary N) is 1. The molecule has 2 aromatic carbocycles. The highest BCUT2D eigenvalue weighted by atomic mass is 32.2. The minimum absolute atomic E-state index is 0.0161. The van der Waals surface area contributed by atoms with Gasteiger partial charge in [0.2, 0.25) is 11.8 Å². The fourth-order valence-electron chi connectivity index (χ4n) is 4.34. The van der Waals surface area contributed by atoms with E-state index in [0.717, 1.165) is 38.0 Å². The predicted octanol–water partition coefficient (Wildman–Crippen LogP) is 3.43. The molecule has 2 atom stereocenters. The molecule has 2 fully saturated rings. The molecule has 4 rings (SSSR count). The smallest absolute Gasteiger partial charge is 0.243 e. The van der Waals surface area contributed by atoms with E-state index in [1.807, 2.05) is 36.4 Å². The molecule has 0 bridgehead atoms. The molecule has 2 aliphatic heterocycles. The van der Waals surface area contributed by atoms with E-state index < -0.39 is 6.04 Å². The first kappa shape index (κ1) is 20.9. The molecule has 0 aliphatic carbocycles. The first-order valence-corrected chi connectivity index (χ1v) is 11.7. The Bertz CT molecular complexity index is 853. The molecule has 2 amide bonds. The van der Waals surface area contributed by atoms with Crippen molar-refractivity contribution in [1.82, 2.24) is 15.1 Å². The van der Waals surface area contributed by atoms with E-state index in [1.165, 1.54) is 5.56 Å². The van der Waals surface area contributed by atoms with Crippen LogP contribution in [0.4, 0.5) is 0 Å². The van der Waals surface area contributed by atoms with Gasteiger partial charge in [-0.2, -0.15) is 0 Å². The van der Waals surface area contributed by atoms with Crippen molar-refractivity contribution in [3.8, 4) is 0 Å². The van der Waals surface area contributed by atoms with Crippen LogP contribution in [-0.4, -0.2) is 52.5 Å². The maximum Gasteiger partial charge on any atom is 0.243 e. The van der Waals surface area contributed by atoms with Crippen LogP contribution in [0.5, 0.6) is 0 Å². The highest BCUT2D eigenvalue weighted by Gasteiger charge is 2.41. The summed E-state index contributed by atoms with van der Waals surface area (Å²) in [6, 6.07) is 20.3. The summed E-state index contributed by atoms with van der Waals surface area (Å²) in [5, 5.41) is 3.14. The third-order valence-electron chi connectivity index (χ3n) is 5.93. The van der Waals surface area contributed by atoms with Crippen molar-refractivity contribution in [2.75, 3.05) is 18.8 Å². The zero-order valence-corrected chi connectivity index (χ0v) is 18.2. The second-order valence-electron chi connectivity index (χ2n) is 8.08. The second kappa shape index (κ2) is 9.67. The fraction of sp³-hybridized carbons (Fsp3) is 0.417. The first-order chi connectivity index (χ1) is 14.6. The number of carbonyl (C=O) groups is 2. The SMILES string of the molecule is CC(=O)N1C(C(=O)NC2CCN(Cc3ccccc3)CC2)CSC1c1ccccc1. The average molecular weight is 424 g/mol. The number of nitrogens with zero attached hydrogens (tertiary/aromatic N) is 2. The zero-order chi connectivity index (χ0) is 20.9. The predicted molar refractivity (Wildman–Crippen MR) is 121 cm³/mol. The molecule has 2 saturated heterocycles. The van der Waals surface area contributed by atoms with Crippen molar-refractivity contribution in [2.45, 2.75) is 43.8 Å². The highest BCUT2D eigenvalue weighted by Crippen LogP contribution is 2.41. The number of amides is 2. The van der Waals surface area contributed by atoms with Crippen molar-refractivity contribution in [3.63, 3.8) is 0 Å². The molecule has 0 saturated carbocycles. The van der Waals surface area contributed by atoms with E-state index in [4.69, 9.17) is 0 Å². The number of carbonyl (C=O) groups excluding carboxylic acids is 2. The summed E-state index contributed by atoms with van der Waals surface area (Å²) in [5.74, 6) is 0.571. The van der Waals surface area contributed by atoms with Gasteiger partial charge >= 0.3 is 0 Å². The summed E-state index contributed by atoms with van der Waals surface area (Å²) in [4.78, 5) is 29.6. The number of thioether (sulfide) groups is 1. The number of likely N-dealkylation sites (tertiary alicyclic amines) is 1. The summed E-state index contributed by atoms with van der Waals surface area (Å²) in [7, 11) is 0. The molecular weight excluding hydrogens is 394 g/mol. The zero-order valence-electron chi connectivity index (χ0n) is 17.4. The van der Waals surface area contributed by atoms with Crippen LogP contribution in [0.3, 0.4) is 0 Å². The molecule has 30 heavy (non-hydrogen) atoms. The Hall–Kier alpha value is -2.31. The summed E-state index contributed by atoms with van der Waals surface area (Å²) in [6.45, 7) is 4.46. The fourth-order valence-corrected chi connectivity index (χ4v) is 5.82. The summed E-state index contributed by atoms with van der Waals surface area (Å²) in [5.41, 5.74) is 2.40. The van der Waals surface area contributed by atoms with Crippen molar-refractivity contribution in [1.29, 1.82) is 0 Å². The van der Waals surface area contributed by atoms with Crippen molar-refractivity contribution in [2.24, 2.45) is 0 Å². The highest BCUT2D eigenvalue weighted by molar-refractivity contribution is 7.99. The van der Waals surface area contributed by atoms with E-state index >= 15 is 0 Å². The van der Waals surface area contributed by atoms with Gasteiger partial charge in [-0.15, -0.1) is 11.8 Å². The van der Waals surface area contributed by atoms with Gasteiger partial charge in [0.15, 0.2) is 0 Å². The third kappa shape index (κ3) is 4.87. The Morgan fingerprint density at radius 2 is 1.63 bits per heavy atom. The minimum atomic E-state index is -0.403. The van der Waals surface area contributed by atoms with Gasteiger partial charge in [0.05, 0.1) is 0 Å². The van der Waals surface area contributed by atoms with Gasteiger partial charge in [0.1, 0.15) is 11.4 Å². The molecule has 158 valence electrons. The number of hydrogen-bond donors (Lipinski definition) is 1. The lowest BCUT2D eigenvalue weighted by molar-refractivity contribution is -0.138. The molecular formula is C24H29N3O2S. The lowest BCUT2D eigenvalue weighted by Gasteiger charge is -2.34. The van der Waals surface area contributed by atoms with Gasteiger partial charge in [-0.05, 0) is 24.0 Å². The summed E-state index contributed by atoms with van der Waals surface area (Å²) >= 11 is 1.67. The topological polar surface area (TPSA) is 52.7 Å². The third-order valence-corrected chi connectivity index (χ3v) is 7.26. The standard InChI is InChI=1S/C24H29N3O2S/c1-18(28)27-22(17-30-24(27)20-10-6-3-7-11-20)23(29)25-21-12-14-26(15-13-21)16-19-8-4-2-5-9-19/h2-11,21-22,24H,12-17H2,1H3,(H,25,29). The van der Waals surface area contributed by atoms with Crippen LogP contribution in [0.25, 0.3) is 0 Å².